The molecule has 0 bridgehead atoms. The zero-order valence-corrected chi connectivity index (χ0v) is 20.6. The van der Waals surface area contributed by atoms with Gasteiger partial charge in [0.15, 0.2) is 6.10 Å². The summed E-state index contributed by atoms with van der Waals surface area (Å²) in [6.45, 7) is 5.77. The Hall–Kier alpha value is -2.21. The Kier molecular flexibility index (Phi) is 8.50. The molecule has 6 nitrogen and oxygen atoms in total. The standard InChI is InChI=1S/C22H27F3O6SSi/c1-21(2,3)33(17-11-7-5-8-12-17,18-13-9-6-10-14-18)30-16-15-19(20(26)29-4)31-32(27,28)22(23,24)25/h5-14,19H,15-16H2,1-4H3/t19-/m0/s1. The molecule has 0 unspecified atom stereocenters. The third-order valence-electron chi connectivity index (χ3n) is 5.11. The van der Waals surface area contributed by atoms with E-state index in [0.717, 1.165) is 17.5 Å². The molecule has 2 rings (SSSR count). The molecule has 0 aliphatic rings. The van der Waals surface area contributed by atoms with Gasteiger partial charge in [-0.1, -0.05) is 81.4 Å². The Morgan fingerprint density at radius 2 is 1.39 bits per heavy atom. The number of carbonyl (C=O) groups excluding carboxylic acids is 1. The summed E-state index contributed by atoms with van der Waals surface area (Å²) in [7, 11) is -8.10. The lowest BCUT2D eigenvalue weighted by molar-refractivity contribution is -0.150. The molecular formula is C22H27F3O6SSi. The number of ether oxygens (including phenoxy) is 1. The summed E-state index contributed by atoms with van der Waals surface area (Å²) < 4.78 is 76.4. The second-order valence-corrected chi connectivity index (χ2v) is 14.2. The van der Waals surface area contributed by atoms with Crippen molar-refractivity contribution in [3.05, 3.63) is 60.7 Å². The normalized spacial score (nSPS) is 14.0. The first kappa shape index (κ1) is 27.0. The van der Waals surface area contributed by atoms with E-state index in [9.17, 15) is 26.4 Å². The monoisotopic (exact) mass is 504 g/mol. The van der Waals surface area contributed by atoms with E-state index in [2.05, 4.69) is 8.92 Å². The molecule has 182 valence electrons. The van der Waals surface area contributed by atoms with Crippen molar-refractivity contribution in [2.45, 2.75) is 43.8 Å². The molecular weight excluding hydrogens is 477 g/mol. The fourth-order valence-corrected chi connectivity index (χ4v) is 8.79. The van der Waals surface area contributed by atoms with Gasteiger partial charge in [0.05, 0.1) is 7.11 Å². The number of benzene rings is 2. The molecule has 0 heterocycles. The third-order valence-corrected chi connectivity index (χ3v) is 11.2. The maximum atomic E-state index is 12.8. The molecule has 0 radical (unpaired) electrons. The van der Waals surface area contributed by atoms with Gasteiger partial charge >= 0.3 is 21.6 Å². The summed E-state index contributed by atoms with van der Waals surface area (Å²) in [5, 5.41) is 1.42. The molecule has 0 N–H and O–H groups in total. The van der Waals surface area contributed by atoms with Crippen LogP contribution in [0.1, 0.15) is 27.2 Å². The van der Waals surface area contributed by atoms with E-state index in [0.29, 0.717) is 0 Å². The van der Waals surface area contributed by atoms with E-state index in [1.165, 1.54) is 0 Å². The maximum absolute atomic E-state index is 12.8. The Morgan fingerprint density at radius 3 is 1.76 bits per heavy atom. The summed E-state index contributed by atoms with van der Waals surface area (Å²) >= 11 is 0. The van der Waals surface area contributed by atoms with Crippen LogP contribution in [0.3, 0.4) is 0 Å². The van der Waals surface area contributed by atoms with Crippen molar-refractivity contribution in [1.29, 1.82) is 0 Å². The van der Waals surface area contributed by atoms with Crippen LogP contribution in [0.15, 0.2) is 60.7 Å². The van der Waals surface area contributed by atoms with Crippen LogP contribution in [-0.2, 0) is 28.3 Å². The number of carbonyl (C=O) groups is 1. The molecule has 0 saturated carbocycles. The largest absolute Gasteiger partial charge is 0.523 e. The van der Waals surface area contributed by atoms with Gasteiger partial charge in [0, 0.05) is 13.0 Å². The Labute approximate surface area is 192 Å². The third kappa shape index (κ3) is 6.02. The molecule has 2 aromatic carbocycles. The molecule has 0 aromatic heterocycles. The zero-order valence-electron chi connectivity index (χ0n) is 18.8. The molecule has 1 atom stereocenters. The average molecular weight is 505 g/mol. The fourth-order valence-electron chi connectivity index (χ4n) is 3.62. The van der Waals surface area contributed by atoms with Gasteiger partial charge in [0.1, 0.15) is 0 Å². The number of methoxy groups -OCH3 is 1. The molecule has 0 spiro atoms. The van der Waals surface area contributed by atoms with Crippen LogP contribution in [0.4, 0.5) is 13.2 Å². The van der Waals surface area contributed by atoms with Gasteiger partial charge < -0.3 is 9.16 Å². The molecule has 0 amide bonds. The number of hydrogen-bond donors (Lipinski definition) is 0. The first-order valence-electron chi connectivity index (χ1n) is 10.1. The molecule has 0 fully saturated rings. The zero-order chi connectivity index (χ0) is 24.9. The lowest BCUT2D eigenvalue weighted by Gasteiger charge is -2.43. The van der Waals surface area contributed by atoms with Crippen molar-refractivity contribution in [3.63, 3.8) is 0 Å². The lowest BCUT2D eigenvalue weighted by atomic mass is 10.2. The molecule has 0 saturated heterocycles. The molecule has 11 heteroatoms. The smallest absolute Gasteiger partial charge is 0.467 e. The summed E-state index contributed by atoms with van der Waals surface area (Å²) in [4.78, 5) is 12.0. The number of halogens is 3. The van der Waals surface area contributed by atoms with E-state index in [1.54, 1.807) is 0 Å². The first-order valence-corrected chi connectivity index (χ1v) is 13.4. The van der Waals surface area contributed by atoms with Crippen molar-refractivity contribution in [1.82, 2.24) is 0 Å². The molecule has 0 aliphatic heterocycles. The molecule has 33 heavy (non-hydrogen) atoms. The topological polar surface area (TPSA) is 78.9 Å². The second-order valence-electron chi connectivity index (χ2n) is 8.31. The van der Waals surface area contributed by atoms with Crippen LogP contribution in [-0.4, -0.2) is 48.0 Å². The number of hydrogen-bond acceptors (Lipinski definition) is 6. The van der Waals surface area contributed by atoms with Crippen LogP contribution in [0, 0.1) is 0 Å². The number of alkyl halides is 3. The molecule has 0 aliphatic carbocycles. The molecule has 2 aromatic rings. The van der Waals surface area contributed by atoms with E-state index in [4.69, 9.17) is 4.43 Å². The number of esters is 1. The van der Waals surface area contributed by atoms with Crippen LogP contribution in [0.2, 0.25) is 5.04 Å². The van der Waals surface area contributed by atoms with Gasteiger partial charge in [0.2, 0.25) is 0 Å². The van der Waals surface area contributed by atoms with Crippen molar-refractivity contribution >= 4 is 34.8 Å². The quantitative estimate of drug-likeness (QED) is 0.226. The summed E-state index contributed by atoms with van der Waals surface area (Å²) in [5.74, 6) is -1.24. The second kappa shape index (κ2) is 10.4. The van der Waals surface area contributed by atoms with Crippen molar-refractivity contribution in [3.8, 4) is 0 Å². The van der Waals surface area contributed by atoms with Gasteiger partial charge in [-0.05, 0) is 15.4 Å². The van der Waals surface area contributed by atoms with Crippen molar-refractivity contribution < 1.29 is 39.7 Å². The first-order chi connectivity index (χ1) is 15.3. The Morgan fingerprint density at radius 1 is 0.939 bits per heavy atom. The van der Waals surface area contributed by atoms with E-state index >= 15 is 0 Å². The summed E-state index contributed by atoms with van der Waals surface area (Å²) in [6.07, 6.45) is -2.45. The van der Waals surface area contributed by atoms with Crippen molar-refractivity contribution in [2.24, 2.45) is 0 Å². The van der Waals surface area contributed by atoms with E-state index < -0.39 is 47.5 Å². The van der Waals surface area contributed by atoms with Crippen LogP contribution in [0.25, 0.3) is 0 Å². The van der Waals surface area contributed by atoms with Gasteiger partial charge in [-0.2, -0.15) is 21.6 Å². The predicted molar refractivity (Wildman–Crippen MR) is 120 cm³/mol. The van der Waals surface area contributed by atoms with Crippen molar-refractivity contribution in [2.75, 3.05) is 13.7 Å². The van der Waals surface area contributed by atoms with Gasteiger partial charge in [-0.25, -0.2) is 8.98 Å². The lowest BCUT2D eigenvalue weighted by Crippen LogP contribution is -2.66. The highest BCUT2D eigenvalue weighted by Gasteiger charge is 2.51. The van der Waals surface area contributed by atoms with E-state index in [-0.39, 0.29) is 6.61 Å². The minimum atomic E-state index is -6.00. The Balaban J connectivity index is 2.42. The highest BCUT2D eigenvalue weighted by molar-refractivity contribution is 7.87. The minimum absolute atomic E-state index is 0.236. The highest BCUT2D eigenvalue weighted by atomic mass is 32.2. The number of rotatable bonds is 9. The van der Waals surface area contributed by atoms with Gasteiger partial charge in [0.25, 0.3) is 8.32 Å². The highest BCUT2D eigenvalue weighted by Crippen LogP contribution is 2.37. The predicted octanol–water partition coefficient (Wildman–Crippen LogP) is 3.36. The summed E-state index contributed by atoms with van der Waals surface area (Å²) in [6, 6.07) is 18.9. The van der Waals surface area contributed by atoms with Crippen LogP contribution in [0.5, 0.6) is 0 Å². The SMILES string of the molecule is COC(=O)[C@H](CCO[Si](c1ccccc1)(c1ccccc1)C(C)(C)C)OS(=O)(=O)C(F)(F)F. The Bertz CT molecular complexity index is 982. The minimum Gasteiger partial charge on any atom is -0.467 e. The average Bonchev–Trinajstić information content (AvgIpc) is 2.75. The maximum Gasteiger partial charge on any atom is 0.523 e. The van der Waals surface area contributed by atoms with Crippen LogP contribution >= 0.6 is 0 Å². The van der Waals surface area contributed by atoms with E-state index in [1.807, 2.05) is 81.4 Å². The van der Waals surface area contributed by atoms with Gasteiger partial charge in [-0.15, -0.1) is 0 Å². The van der Waals surface area contributed by atoms with Crippen LogP contribution < -0.4 is 10.4 Å². The van der Waals surface area contributed by atoms with Gasteiger partial charge in [-0.3, -0.25) is 0 Å². The fraction of sp³-hybridized carbons (Fsp3) is 0.409. The summed E-state index contributed by atoms with van der Waals surface area (Å²) in [5.41, 5.74) is -5.67.